The molecule has 10 nitrogen and oxygen atoms in total. The predicted molar refractivity (Wildman–Crippen MR) is 165 cm³/mol. The molecule has 4 atom stereocenters. The highest BCUT2D eigenvalue weighted by molar-refractivity contribution is 7.88. The first kappa shape index (κ1) is 33.2. The number of amides is 1. The summed E-state index contributed by atoms with van der Waals surface area (Å²) >= 11 is 0. The molecule has 2 aliphatic rings. The predicted octanol–water partition coefficient (Wildman–Crippen LogP) is 2.19. The van der Waals surface area contributed by atoms with Crippen LogP contribution in [0.5, 0.6) is 0 Å². The summed E-state index contributed by atoms with van der Waals surface area (Å²) in [5, 5.41) is 14.6. The summed E-state index contributed by atoms with van der Waals surface area (Å²) in [6.45, 7) is 13.7. The van der Waals surface area contributed by atoms with Gasteiger partial charge in [0.2, 0.25) is 16.4 Å². The topological polar surface area (TPSA) is 115 Å². The Kier molecular flexibility index (Phi) is 11.9. The van der Waals surface area contributed by atoms with Crippen LogP contribution < -0.4 is 10.9 Å². The number of piperidine rings is 1. The van der Waals surface area contributed by atoms with Crippen molar-refractivity contribution < 1.29 is 18.3 Å². The van der Waals surface area contributed by atoms with Gasteiger partial charge in [-0.2, -0.15) is 4.31 Å². The van der Waals surface area contributed by atoms with E-state index in [4.69, 9.17) is 0 Å². The fourth-order valence-electron chi connectivity index (χ4n) is 6.21. The average molecular weight is 592 g/mol. The number of hydrogen-bond acceptors (Lipinski definition) is 7. The number of piperazine rings is 1. The normalized spacial score (nSPS) is 23.7. The molecule has 0 aliphatic carbocycles. The van der Waals surface area contributed by atoms with Crippen LogP contribution in [0, 0.1) is 6.92 Å². The number of carbonyl (C=O) groups excluding carboxylic acids is 1. The van der Waals surface area contributed by atoms with Crippen molar-refractivity contribution in [2.45, 2.75) is 84.2 Å². The summed E-state index contributed by atoms with van der Waals surface area (Å²) in [6.07, 6.45) is 4.36. The van der Waals surface area contributed by atoms with Crippen molar-refractivity contribution in [1.29, 1.82) is 0 Å². The monoisotopic (exact) mass is 591 g/mol. The standard InChI is InChI=1S/C17H34N4O4S.C13H15NO/c1-4-16-10-15(18-13-22)9-14(2)21(16)12-17(23)11-19-5-7-20(8-6-19)26(3,24)25;1-9(2)14-12-7-5-4-6-11(12)8-10(3)13(14)15/h13-17,23H,4-12H2,1-3H3,(H,18,22);4-9H,1-3H3. The number of para-hydroxylation sites is 1. The number of β-amino-alcohol motifs (C(OH)–C–C–N with tert-alkyl or cyclic N) is 1. The Morgan fingerprint density at radius 2 is 1.76 bits per heavy atom. The number of aliphatic hydroxyl groups excluding tert-OH is 1. The van der Waals surface area contributed by atoms with E-state index < -0.39 is 16.1 Å². The van der Waals surface area contributed by atoms with E-state index in [9.17, 15) is 23.1 Å². The van der Waals surface area contributed by atoms with Gasteiger partial charge in [-0.1, -0.05) is 25.1 Å². The SMILES string of the molecule is CCC1CC(NC=O)CC(C)N1CC(O)CN1CCN(S(C)(=O)=O)CC1.Cc1cc2ccccc2n(C(C)C)c1=O. The van der Waals surface area contributed by atoms with Crippen molar-refractivity contribution in [3.05, 3.63) is 46.2 Å². The largest absolute Gasteiger partial charge is 0.390 e. The third-order valence-corrected chi connectivity index (χ3v) is 9.63. The number of nitrogens with one attached hydrogen (secondary N) is 1. The molecule has 41 heavy (non-hydrogen) atoms. The first-order valence-corrected chi connectivity index (χ1v) is 16.6. The minimum Gasteiger partial charge on any atom is -0.390 e. The Balaban J connectivity index is 0.000000260. The summed E-state index contributed by atoms with van der Waals surface area (Å²) in [4.78, 5) is 27.2. The fourth-order valence-corrected chi connectivity index (χ4v) is 7.04. The van der Waals surface area contributed by atoms with Crippen molar-refractivity contribution in [2.24, 2.45) is 0 Å². The molecule has 2 aliphatic heterocycles. The number of benzene rings is 1. The van der Waals surface area contributed by atoms with Crippen LogP contribution in [0.2, 0.25) is 0 Å². The molecule has 0 saturated carbocycles. The Morgan fingerprint density at radius 1 is 1.10 bits per heavy atom. The molecule has 1 aromatic carbocycles. The number of nitrogens with zero attached hydrogens (tertiary/aromatic N) is 4. The Bertz CT molecular complexity index is 1310. The van der Waals surface area contributed by atoms with Gasteiger partial charge in [0.25, 0.3) is 5.56 Å². The van der Waals surface area contributed by atoms with Gasteiger partial charge in [-0.25, -0.2) is 8.42 Å². The Hall–Kier alpha value is -2.31. The number of hydrogen-bond donors (Lipinski definition) is 2. The molecule has 0 radical (unpaired) electrons. The van der Waals surface area contributed by atoms with E-state index in [0.29, 0.717) is 51.4 Å². The number of pyridine rings is 1. The zero-order valence-electron chi connectivity index (χ0n) is 25.5. The fraction of sp³-hybridized carbons (Fsp3) is 0.667. The van der Waals surface area contributed by atoms with Gasteiger partial charge in [0.1, 0.15) is 0 Å². The van der Waals surface area contributed by atoms with E-state index in [2.05, 4.69) is 29.0 Å². The van der Waals surface area contributed by atoms with Gasteiger partial charge in [-0.3, -0.25) is 19.4 Å². The third kappa shape index (κ3) is 8.84. The molecule has 1 aromatic heterocycles. The minimum absolute atomic E-state index is 0.115. The van der Waals surface area contributed by atoms with Crippen LogP contribution in [0.1, 0.15) is 58.6 Å². The van der Waals surface area contributed by atoms with Crippen LogP contribution in [-0.4, -0.2) is 108 Å². The van der Waals surface area contributed by atoms with Crippen LogP contribution in [0.15, 0.2) is 35.1 Å². The summed E-state index contributed by atoms with van der Waals surface area (Å²) in [7, 11) is -3.12. The molecule has 3 heterocycles. The third-order valence-electron chi connectivity index (χ3n) is 8.32. The van der Waals surface area contributed by atoms with Crippen LogP contribution in [0.25, 0.3) is 10.9 Å². The Morgan fingerprint density at radius 3 is 2.34 bits per heavy atom. The molecule has 4 unspecified atom stereocenters. The molecule has 2 N–H and O–H groups in total. The van der Waals surface area contributed by atoms with Crippen LogP contribution in [0.3, 0.4) is 0 Å². The van der Waals surface area contributed by atoms with Crippen molar-refractivity contribution in [2.75, 3.05) is 45.5 Å². The number of aryl methyl sites for hydroxylation is 1. The van der Waals surface area contributed by atoms with Gasteiger partial charge in [-0.15, -0.1) is 0 Å². The second-order valence-corrected chi connectivity index (χ2v) is 13.8. The number of aromatic nitrogens is 1. The van der Waals surface area contributed by atoms with Crippen LogP contribution >= 0.6 is 0 Å². The smallest absolute Gasteiger partial charge is 0.254 e. The summed E-state index contributed by atoms with van der Waals surface area (Å²) < 4.78 is 26.5. The summed E-state index contributed by atoms with van der Waals surface area (Å²) in [5.74, 6) is 0. The highest BCUT2D eigenvalue weighted by Gasteiger charge is 2.34. The molecular weight excluding hydrogens is 542 g/mol. The lowest BCUT2D eigenvalue weighted by Crippen LogP contribution is -2.56. The van der Waals surface area contributed by atoms with E-state index in [1.165, 1.54) is 10.6 Å². The van der Waals surface area contributed by atoms with Crippen molar-refractivity contribution in [1.82, 2.24) is 24.0 Å². The average Bonchev–Trinajstić information content (AvgIpc) is 2.91. The number of sulfonamides is 1. The van der Waals surface area contributed by atoms with E-state index in [0.717, 1.165) is 42.1 Å². The lowest BCUT2D eigenvalue weighted by Gasteiger charge is -2.45. The lowest BCUT2D eigenvalue weighted by atomic mass is 9.90. The second kappa shape index (κ2) is 14.7. The lowest BCUT2D eigenvalue weighted by molar-refractivity contribution is -0.110. The Labute approximate surface area is 245 Å². The van der Waals surface area contributed by atoms with E-state index in [1.54, 1.807) is 0 Å². The molecule has 0 bridgehead atoms. The molecule has 1 amide bonds. The van der Waals surface area contributed by atoms with Crippen LogP contribution in [0.4, 0.5) is 0 Å². The van der Waals surface area contributed by atoms with E-state index in [1.807, 2.05) is 55.7 Å². The van der Waals surface area contributed by atoms with Gasteiger partial charge in [0.05, 0.1) is 17.9 Å². The molecule has 2 saturated heterocycles. The van der Waals surface area contributed by atoms with Crippen molar-refractivity contribution in [3.63, 3.8) is 0 Å². The molecule has 2 aromatic rings. The second-order valence-electron chi connectivity index (χ2n) is 11.8. The molecule has 0 spiro atoms. The summed E-state index contributed by atoms with van der Waals surface area (Å²) in [6, 6.07) is 11.0. The molecule has 2 fully saturated rings. The maximum Gasteiger partial charge on any atom is 0.254 e. The molecule has 4 rings (SSSR count). The van der Waals surface area contributed by atoms with Crippen molar-refractivity contribution in [3.8, 4) is 0 Å². The first-order chi connectivity index (χ1) is 19.3. The van der Waals surface area contributed by atoms with E-state index >= 15 is 0 Å². The zero-order valence-corrected chi connectivity index (χ0v) is 26.3. The zero-order chi connectivity index (χ0) is 30.3. The number of fused-ring (bicyclic) bond motifs is 1. The van der Waals surface area contributed by atoms with Gasteiger partial charge in [0, 0.05) is 69.0 Å². The summed E-state index contributed by atoms with van der Waals surface area (Å²) in [5.41, 5.74) is 1.94. The highest BCUT2D eigenvalue weighted by atomic mass is 32.2. The van der Waals surface area contributed by atoms with Gasteiger partial charge < -0.3 is 15.0 Å². The van der Waals surface area contributed by atoms with E-state index in [-0.39, 0.29) is 17.6 Å². The quantitative estimate of drug-likeness (QED) is 0.430. The van der Waals surface area contributed by atoms with Gasteiger partial charge >= 0.3 is 0 Å². The molecule has 11 heteroatoms. The van der Waals surface area contributed by atoms with Crippen molar-refractivity contribution >= 4 is 27.3 Å². The van der Waals surface area contributed by atoms with Gasteiger partial charge in [0.15, 0.2) is 0 Å². The molecular formula is C30H49N5O5S. The number of likely N-dealkylation sites (tertiary alicyclic amines) is 1. The number of aliphatic hydroxyl groups is 1. The maximum atomic E-state index is 12.0. The number of carbonyl (C=O) groups is 1. The highest BCUT2D eigenvalue weighted by Crippen LogP contribution is 2.25. The van der Waals surface area contributed by atoms with Gasteiger partial charge in [-0.05, 0) is 64.5 Å². The minimum atomic E-state index is -3.12. The first-order valence-electron chi connectivity index (χ1n) is 14.8. The molecule has 230 valence electrons. The van der Waals surface area contributed by atoms with Crippen LogP contribution in [-0.2, 0) is 14.8 Å². The number of rotatable bonds is 9. The maximum absolute atomic E-state index is 12.0.